The van der Waals surface area contributed by atoms with Crippen molar-refractivity contribution in [2.75, 3.05) is 12.4 Å². The molecular formula is C26H26ClN3O4S2. The number of methoxy groups -OCH3 is 1. The van der Waals surface area contributed by atoms with Crippen LogP contribution in [0.4, 0.5) is 5.00 Å². The molecule has 1 aliphatic carbocycles. The van der Waals surface area contributed by atoms with Crippen LogP contribution in [0.15, 0.2) is 42.5 Å². The van der Waals surface area contributed by atoms with Gasteiger partial charge < -0.3 is 20.5 Å². The fourth-order valence-electron chi connectivity index (χ4n) is 4.08. The largest absolute Gasteiger partial charge is 0.493 e. The third-order valence-electron chi connectivity index (χ3n) is 5.95. The Hall–Kier alpha value is -3.14. The molecule has 0 aliphatic heterocycles. The van der Waals surface area contributed by atoms with E-state index in [2.05, 4.69) is 17.6 Å². The van der Waals surface area contributed by atoms with E-state index < -0.39 is 11.8 Å². The summed E-state index contributed by atoms with van der Waals surface area (Å²) in [6.07, 6.45) is 2.71. The molecule has 0 radical (unpaired) electrons. The molecule has 7 nitrogen and oxygen atoms in total. The first-order valence-corrected chi connectivity index (χ1v) is 13.0. The van der Waals surface area contributed by atoms with Crippen molar-refractivity contribution in [2.24, 2.45) is 11.7 Å². The Bertz CT molecular complexity index is 1310. The molecule has 1 aliphatic rings. The van der Waals surface area contributed by atoms with Gasteiger partial charge in [-0.1, -0.05) is 30.7 Å². The number of nitrogens with one attached hydrogen (secondary N) is 2. The highest BCUT2D eigenvalue weighted by atomic mass is 35.5. The highest BCUT2D eigenvalue weighted by Gasteiger charge is 2.27. The molecule has 4 N–H and O–H groups in total. The van der Waals surface area contributed by atoms with E-state index in [-0.39, 0.29) is 5.11 Å². The molecule has 0 unspecified atom stereocenters. The van der Waals surface area contributed by atoms with Gasteiger partial charge in [0.2, 0.25) is 0 Å². The van der Waals surface area contributed by atoms with E-state index in [0.29, 0.717) is 45.2 Å². The van der Waals surface area contributed by atoms with Crippen molar-refractivity contribution in [3.8, 4) is 11.5 Å². The number of thiophene rings is 1. The fourth-order valence-corrected chi connectivity index (χ4v) is 5.88. The lowest BCUT2D eigenvalue weighted by Gasteiger charge is -2.18. The quantitative estimate of drug-likeness (QED) is 0.348. The number of nitrogens with two attached hydrogens (primary N) is 1. The molecule has 2 aromatic carbocycles. The Morgan fingerprint density at radius 2 is 1.94 bits per heavy atom. The van der Waals surface area contributed by atoms with Gasteiger partial charge in [-0.25, -0.2) is 0 Å². The Labute approximate surface area is 223 Å². The van der Waals surface area contributed by atoms with E-state index >= 15 is 0 Å². The summed E-state index contributed by atoms with van der Waals surface area (Å²) >= 11 is 12.7. The Balaban J connectivity index is 1.42. The topological polar surface area (TPSA) is 103 Å². The second-order valence-corrected chi connectivity index (χ2v) is 10.6. The van der Waals surface area contributed by atoms with Crippen LogP contribution in [-0.2, 0) is 19.4 Å². The van der Waals surface area contributed by atoms with Crippen LogP contribution in [0.2, 0.25) is 5.02 Å². The number of fused-ring (bicyclic) bond motifs is 1. The van der Waals surface area contributed by atoms with E-state index in [1.54, 1.807) is 30.3 Å². The van der Waals surface area contributed by atoms with Gasteiger partial charge in [0.1, 0.15) is 11.6 Å². The summed E-state index contributed by atoms with van der Waals surface area (Å²) in [4.78, 5) is 26.1. The van der Waals surface area contributed by atoms with E-state index in [1.165, 1.54) is 18.4 Å². The van der Waals surface area contributed by atoms with Gasteiger partial charge in [0.15, 0.2) is 16.6 Å². The smallest absolute Gasteiger partial charge is 0.257 e. The first kappa shape index (κ1) is 25.9. The Morgan fingerprint density at radius 1 is 1.19 bits per heavy atom. The summed E-state index contributed by atoms with van der Waals surface area (Å²) < 4.78 is 11.3. The number of hydrogen-bond donors (Lipinski definition) is 3. The van der Waals surface area contributed by atoms with Crippen LogP contribution < -0.4 is 25.8 Å². The minimum absolute atomic E-state index is 0.0798. The third-order valence-corrected chi connectivity index (χ3v) is 7.57. The molecule has 1 aromatic heterocycles. The highest BCUT2D eigenvalue weighted by molar-refractivity contribution is 7.80. The molecule has 0 bridgehead atoms. The van der Waals surface area contributed by atoms with E-state index in [1.807, 2.05) is 12.1 Å². The van der Waals surface area contributed by atoms with Gasteiger partial charge in [-0.3, -0.25) is 14.9 Å². The molecule has 1 heterocycles. The summed E-state index contributed by atoms with van der Waals surface area (Å²) in [5.41, 5.74) is 8.39. The van der Waals surface area contributed by atoms with Crippen LogP contribution in [-0.4, -0.2) is 24.0 Å². The maximum Gasteiger partial charge on any atom is 0.257 e. The molecule has 0 fully saturated rings. The zero-order chi connectivity index (χ0) is 25.8. The standard InChI is InChI=1S/C26H26ClN3O4S2/c1-14-3-9-18-21(11-14)36-25(22(18)23(28)31)30-26(35)29-24(32)16-6-10-19(20(12-16)33-2)34-13-15-4-7-17(27)8-5-15/h4-8,10,12,14H,3,9,11,13H2,1-2H3,(H2,28,31)(H2,29,30,32,35)/t14-/m0/s1. The Morgan fingerprint density at radius 3 is 2.64 bits per heavy atom. The number of benzene rings is 2. The average Bonchev–Trinajstić information content (AvgIpc) is 3.20. The number of ether oxygens (including phenoxy) is 2. The van der Waals surface area contributed by atoms with Gasteiger partial charge >= 0.3 is 0 Å². The summed E-state index contributed by atoms with van der Waals surface area (Å²) in [7, 11) is 1.50. The Kier molecular flexibility index (Phi) is 8.13. The van der Waals surface area contributed by atoms with Gasteiger partial charge in [0.25, 0.3) is 11.8 Å². The van der Waals surface area contributed by atoms with Gasteiger partial charge in [-0.15, -0.1) is 11.3 Å². The lowest BCUT2D eigenvalue weighted by molar-refractivity contribution is 0.0975. The third kappa shape index (κ3) is 5.98. The van der Waals surface area contributed by atoms with Gasteiger partial charge in [0, 0.05) is 15.5 Å². The number of anilines is 1. The van der Waals surface area contributed by atoms with Gasteiger partial charge in [0.05, 0.1) is 12.7 Å². The normalized spacial score (nSPS) is 14.5. The minimum Gasteiger partial charge on any atom is -0.493 e. The molecule has 0 saturated carbocycles. The molecule has 188 valence electrons. The predicted octanol–water partition coefficient (Wildman–Crippen LogP) is 5.34. The molecule has 3 aromatic rings. The van der Waals surface area contributed by atoms with Crippen LogP contribution in [0, 0.1) is 5.92 Å². The second-order valence-electron chi connectivity index (χ2n) is 8.61. The minimum atomic E-state index is -0.502. The van der Waals surface area contributed by atoms with E-state index in [0.717, 1.165) is 35.3 Å². The lowest BCUT2D eigenvalue weighted by atomic mass is 9.88. The first-order chi connectivity index (χ1) is 17.2. The number of rotatable bonds is 7. The van der Waals surface area contributed by atoms with Gasteiger partial charge in [-0.2, -0.15) is 0 Å². The molecule has 4 rings (SSSR count). The second kappa shape index (κ2) is 11.3. The fraction of sp³-hybridized carbons (Fsp3) is 0.269. The predicted molar refractivity (Wildman–Crippen MR) is 146 cm³/mol. The summed E-state index contributed by atoms with van der Waals surface area (Å²) in [5, 5.41) is 6.96. The number of thiocarbonyl (C=S) groups is 1. The van der Waals surface area contributed by atoms with Crippen molar-refractivity contribution in [1.82, 2.24) is 5.32 Å². The maximum atomic E-state index is 12.9. The number of carbonyl (C=O) groups is 2. The van der Waals surface area contributed by atoms with Crippen molar-refractivity contribution in [3.05, 3.63) is 74.6 Å². The van der Waals surface area contributed by atoms with E-state index in [9.17, 15) is 9.59 Å². The first-order valence-electron chi connectivity index (χ1n) is 11.4. The maximum absolute atomic E-state index is 12.9. The van der Waals surface area contributed by atoms with Gasteiger partial charge in [-0.05, 0) is 78.9 Å². The molecule has 2 amide bonds. The molecule has 10 heteroatoms. The number of amides is 2. The summed E-state index contributed by atoms with van der Waals surface area (Å²) in [6, 6.07) is 12.2. The SMILES string of the molecule is COc1cc(C(=O)NC(=S)Nc2sc3c(c2C(N)=O)CC[C@H](C)C3)ccc1OCc1ccc(Cl)cc1. The average molecular weight is 544 g/mol. The number of halogens is 1. The number of hydrogen-bond acceptors (Lipinski definition) is 6. The van der Waals surface area contributed by atoms with Crippen LogP contribution in [0.25, 0.3) is 0 Å². The number of carbonyl (C=O) groups excluding carboxylic acids is 2. The molecule has 36 heavy (non-hydrogen) atoms. The molecule has 1 atom stereocenters. The monoisotopic (exact) mass is 543 g/mol. The highest BCUT2D eigenvalue weighted by Crippen LogP contribution is 2.39. The molecule has 0 spiro atoms. The van der Waals surface area contributed by atoms with Crippen LogP contribution in [0.1, 0.15) is 50.1 Å². The van der Waals surface area contributed by atoms with Crippen molar-refractivity contribution >= 4 is 57.1 Å². The van der Waals surface area contributed by atoms with E-state index in [4.69, 9.17) is 39.0 Å². The molecular weight excluding hydrogens is 518 g/mol. The van der Waals surface area contributed by atoms with Crippen molar-refractivity contribution in [3.63, 3.8) is 0 Å². The van der Waals surface area contributed by atoms with Crippen LogP contribution in [0.3, 0.4) is 0 Å². The zero-order valence-electron chi connectivity index (χ0n) is 19.9. The zero-order valence-corrected chi connectivity index (χ0v) is 22.2. The van der Waals surface area contributed by atoms with Crippen LogP contribution >= 0.6 is 35.2 Å². The molecule has 0 saturated heterocycles. The van der Waals surface area contributed by atoms with Crippen LogP contribution in [0.5, 0.6) is 11.5 Å². The van der Waals surface area contributed by atoms with Crippen molar-refractivity contribution in [2.45, 2.75) is 32.8 Å². The number of primary amides is 1. The lowest BCUT2D eigenvalue weighted by Crippen LogP contribution is -2.34. The summed E-state index contributed by atoms with van der Waals surface area (Å²) in [5.74, 6) is 0.522. The van der Waals surface area contributed by atoms with Crippen molar-refractivity contribution in [1.29, 1.82) is 0 Å². The van der Waals surface area contributed by atoms with Crippen molar-refractivity contribution < 1.29 is 19.1 Å². The summed E-state index contributed by atoms with van der Waals surface area (Å²) in [6.45, 7) is 2.51.